The molecule has 1 atom stereocenters. The van der Waals surface area contributed by atoms with Gasteiger partial charge >= 0.3 is 0 Å². The summed E-state index contributed by atoms with van der Waals surface area (Å²) in [6, 6.07) is 12.7. The molecule has 7 heteroatoms. The average molecular weight is 414 g/mol. The Morgan fingerprint density at radius 1 is 1.03 bits per heavy atom. The third kappa shape index (κ3) is 6.19. The molecule has 2 aromatic carbocycles. The van der Waals surface area contributed by atoms with Crippen LogP contribution in [0.25, 0.3) is 0 Å². The summed E-state index contributed by atoms with van der Waals surface area (Å²) in [5, 5.41) is 23.0. The number of aliphatic hydroxyl groups is 1. The van der Waals surface area contributed by atoms with Gasteiger partial charge in [-0.05, 0) is 37.1 Å². The number of hydrogen-bond acceptors (Lipinski definition) is 6. The number of aromatic hydroxyl groups is 1. The normalized spacial score (nSPS) is 16.2. The van der Waals surface area contributed by atoms with Crippen molar-refractivity contribution in [2.24, 2.45) is 0 Å². The minimum atomic E-state index is -0.650. The predicted octanol–water partition coefficient (Wildman–Crippen LogP) is 2.01. The SMILES string of the molecule is Cc1cccc(C)c1NC(=O)CN1CCN(CC(O)COc2ccccc2O)CC1. The smallest absolute Gasteiger partial charge is 0.238 e. The topological polar surface area (TPSA) is 85.3 Å². The first-order valence-electron chi connectivity index (χ1n) is 10.3. The van der Waals surface area contributed by atoms with Crippen LogP contribution >= 0.6 is 0 Å². The molecule has 0 aliphatic carbocycles. The van der Waals surface area contributed by atoms with Gasteiger partial charge in [-0.15, -0.1) is 0 Å². The van der Waals surface area contributed by atoms with Crippen molar-refractivity contribution in [3.05, 3.63) is 53.6 Å². The van der Waals surface area contributed by atoms with Crippen molar-refractivity contribution < 1.29 is 19.7 Å². The number of phenolic OH excluding ortho intramolecular Hbond substituents is 1. The second kappa shape index (κ2) is 10.4. The zero-order valence-electron chi connectivity index (χ0n) is 17.7. The van der Waals surface area contributed by atoms with Crippen LogP contribution in [0.5, 0.6) is 11.5 Å². The number of carbonyl (C=O) groups is 1. The van der Waals surface area contributed by atoms with Crippen LogP contribution in [0.15, 0.2) is 42.5 Å². The molecule has 1 heterocycles. The van der Waals surface area contributed by atoms with Gasteiger partial charge in [0.2, 0.25) is 5.91 Å². The molecule has 0 radical (unpaired) electrons. The van der Waals surface area contributed by atoms with E-state index in [1.807, 2.05) is 32.0 Å². The Morgan fingerprint density at radius 2 is 1.67 bits per heavy atom. The van der Waals surface area contributed by atoms with E-state index in [0.29, 0.717) is 18.8 Å². The third-order valence-electron chi connectivity index (χ3n) is 5.34. The predicted molar refractivity (Wildman–Crippen MR) is 117 cm³/mol. The number of amides is 1. The monoisotopic (exact) mass is 413 g/mol. The molecule has 0 spiro atoms. The van der Waals surface area contributed by atoms with Crippen molar-refractivity contribution in [2.75, 3.05) is 51.2 Å². The van der Waals surface area contributed by atoms with Gasteiger partial charge in [-0.1, -0.05) is 30.3 Å². The fourth-order valence-electron chi connectivity index (χ4n) is 3.64. The van der Waals surface area contributed by atoms with E-state index in [1.54, 1.807) is 24.3 Å². The zero-order valence-corrected chi connectivity index (χ0v) is 17.7. The van der Waals surface area contributed by atoms with Crippen LogP contribution < -0.4 is 10.1 Å². The van der Waals surface area contributed by atoms with E-state index < -0.39 is 6.10 Å². The lowest BCUT2D eigenvalue weighted by Gasteiger charge is -2.35. The first kappa shape index (κ1) is 22.1. The van der Waals surface area contributed by atoms with Crippen LogP contribution in [0.2, 0.25) is 0 Å². The molecule has 1 amide bonds. The van der Waals surface area contributed by atoms with Gasteiger partial charge < -0.3 is 20.3 Å². The number of carbonyl (C=O) groups excluding carboxylic acids is 1. The molecule has 1 fully saturated rings. The van der Waals surface area contributed by atoms with Crippen molar-refractivity contribution in [3.8, 4) is 11.5 Å². The summed E-state index contributed by atoms with van der Waals surface area (Å²) in [4.78, 5) is 16.7. The quantitative estimate of drug-likeness (QED) is 0.614. The highest BCUT2D eigenvalue weighted by molar-refractivity contribution is 5.93. The second-order valence-corrected chi connectivity index (χ2v) is 7.82. The molecule has 1 aliphatic rings. The number of β-amino-alcohol motifs (C(OH)–C–C–N with tert-alkyl or cyclic N) is 1. The number of rotatable bonds is 8. The zero-order chi connectivity index (χ0) is 21.5. The Balaban J connectivity index is 1.38. The molecule has 0 bridgehead atoms. The highest BCUT2D eigenvalue weighted by Gasteiger charge is 2.21. The number of nitrogens with one attached hydrogen (secondary N) is 1. The largest absolute Gasteiger partial charge is 0.504 e. The molecule has 0 saturated carbocycles. The number of anilines is 1. The van der Waals surface area contributed by atoms with Crippen LogP contribution in [0.4, 0.5) is 5.69 Å². The van der Waals surface area contributed by atoms with Crippen molar-refractivity contribution in [2.45, 2.75) is 20.0 Å². The number of hydrogen-bond donors (Lipinski definition) is 3. The Morgan fingerprint density at radius 3 is 2.33 bits per heavy atom. The Hall–Kier alpha value is -2.61. The highest BCUT2D eigenvalue weighted by Crippen LogP contribution is 2.24. The maximum absolute atomic E-state index is 12.4. The number of ether oxygens (including phenoxy) is 1. The van der Waals surface area contributed by atoms with E-state index in [4.69, 9.17) is 4.74 Å². The maximum Gasteiger partial charge on any atom is 0.238 e. The molecule has 3 rings (SSSR count). The summed E-state index contributed by atoms with van der Waals surface area (Å²) in [5.41, 5.74) is 3.02. The van der Waals surface area contributed by atoms with Crippen molar-refractivity contribution >= 4 is 11.6 Å². The molecule has 0 aromatic heterocycles. The Labute approximate surface area is 177 Å². The summed E-state index contributed by atoms with van der Waals surface area (Å²) < 4.78 is 5.50. The van der Waals surface area contributed by atoms with Crippen LogP contribution in [0.1, 0.15) is 11.1 Å². The number of aliphatic hydroxyl groups excluding tert-OH is 1. The van der Waals surface area contributed by atoms with E-state index in [1.165, 1.54) is 0 Å². The molecular formula is C23H31N3O4. The van der Waals surface area contributed by atoms with E-state index >= 15 is 0 Å². The average Bonchev–Trinajstić information content (AvgIpc) is 2.72. The van der Waals surface area contributed by atoms with Gasteiger partial charge in [-0.3, -0.25) is 14.6 Å². The lowest BCUT2D eigenvalue weighted by molar-refractivity contribution is -0.117. The van der Waals surface area contributed by atoms with Crippen molar-refractivity contribution in [1.29, 1.82) is 0 Å². The summed E-state index contributed by atoms with van der Waals surface area (Å²) >= 11 is 0. The second-order valence-electron chi connectivity index (χ2n) is 7.82. The lowest BCUT2D eigenvalue weighted by atomic mass is 10.1. The van der Waals surface area contributed by atoms with Crippen LogP contribution in [-0.4, -0.2) is 77.9 Å². The van der Waals surface area contributed by atoms with E-state index in [2.05, 4.69) is 15.1 Å². The highest BCUT2D eigenvalue weighted by atomic mass is 16.5. The van der Waals surface area contributed by atoms with Crippen molar-refractivity contribution in [3.63, 3.8) is 0 Å². The first-order valence-corrected chi connectivity index (χ1v) is 10.3. The van der Waals surface area contributed by atoms with Crippen LogP contribution in [0, 0.1) is 13.8 Å². The van der Waals surface area contributed by atoms with Gasteiger partial charge in [-0.2, -0.15) is 0 Å². The molecule has 7 nitrogen and oxygen atoms in total. The van der Waals surface area contributed by atoms with Gasteiger partial charge in [-0.25, -0.2) is 0 Å². The summed E-state index contributed by atoms with van der Waals surface area (Å²) in [6.07, 6.45) is -0.650. The van der Waals surface area contributed by atoms with E-state index in [9.17, 15) is 15.0 Å². The third-order valence-corrected chi connectivity index (χ3v) is 5.34. The maximum atomic E-state index is 12.4. The molecule has 1 aliphatic heterocycles. The van der Waals surface area contributed by atoms with Gasteiger partial charge in [0.1, 0.15) is 12.7 Å². The molecule has 30 heavy (non-hydrogen) atoms. The molecule has 162 valence electrons. The number of aryl methyl sites for hydroxylation is 2. The minimum absolute atomic E-state index is 0.00282. The minimum Gasteiger partial charge on any atom is -0.504 e. The lowest BCUT2D eigenvalue weighted by Crippen LogP contribution is -2.50. The fourth-order valence-corrected chi connectivity index (χ4v) is 3.64. The summed E-state index contributed by atoms with van der Waals surface area (Å²) in [6.45, 7) is 8.08. The molecule has 1 saturated heterocycles. The molecule has 2 aromatic rings. The van der Waals surface area contributed by atoms with Crippen molar-refractivity contribution in [1.82, 2.24) is 9.80 Å². The van der Waals surface area contributed by atoms with Gasteiger partial charge in [0.25, 0.3) is 0 Å². The fraction of sp³-hybridized carbons (Fsp3) is 0.435. The molecular weight excluding hydrogens is 382 g/mol. The van der Waals surface area contributed by atoms with Crippen LogP contribution in [0.3, 0.4) is 0 Å². The Bertz CT molecular complexity index is 830. The van der Waals surface area contributed by atoms with Gasteiger partial charge in [0.15, 0.2) is 11.5 Å². The first-order chi connectivity index (χ1) is 14.4. The summed E-state index contributed by atoms with van der Waals surface area (Å²) in [5.74, 6) is 0.436. The number of para-hydroxylation sites is 3. The van der Waals surface area contributed by atoms with E-state index in [-0.39, 0.29) is 18.3 Å². The molecule has 1 unspecified atom stereocenters. The van der Waals surface area contributed by atoms with Gasteiger partial charge in [0.05, 0.1) is 6.54 Å². The number of phenols is 1. The standard InChI is InChI=1S/C23H31N3O4/c1-17-6-5-7-18(2)23(17)24-22(29)15-26-12-10-25(11-13-26)14-19(27)16-30-21-9-4-3-8-20(21)28/h3-9,19,27-28H,10-16H2,1-2H3,(H,24,29). The summed E-state index contributed by atoms with van der Waals surface area (Å²) in [7, 11) is 0. The van der Waals surface area contributed by atoms with Gasteiger partial charge in [0, 0.05) is 38.4 Å². The van der Waals surface area contributed by atoms with Crippen LogP contribution in [-0.2, 0) is 4.79 Å². The van der Waals surface area contributed by atoms with E-state index in [0.717, 1.165) is 43.0 Å². The number of piperazine rings is 1. The molecule has 3 N–H and O–H groups in total. The number of nitrogens with zero attached hydrogens (tertiary/aromatic N) is 2. The Kier molecular flexibility index (Phi) is 7.68. The number of benzene rings is 2.